The number of nitrogens with zero attached hydrogens (tertiary/aromatic N) is 1. The minimum atomic E-state index is -3.76. The molecule has 7 heteroatoms. The zero-order valence-electron chi connectivity index (χ0n) is 12.1. The van der Waals surface area contributed by atoms with Crippen LogP contribution in [-0.4, -0.2) is 25.2 Å². The van der Waals surface area contributed by atoms with Crippen molar-refractivity contribution in [3.8, 4) is 0 Å². The van der Waals surface area contributed by atoms with Gasteiger partial charge < -0.3 is 9.63 Å². The van der Waals surface area contributed by atoms with Crippen LogP contribution in [0.4, 0.5) is 0 Å². The van der Waals surface area contributed by atoms with Gasteiger partial charge in [0.1, 0.15) is 10.6 Å². The second-order valence-electron chi connectivity index (χ2n) is 4.88. The summed E-state index contributed by atoms with van der Waals surface area (Å²) >= 11 is 0. The van der Waals surface area contributed by atoms with Crippen LogP contribution in [0.2, 0.25) is 0 Å². The lowest BCUT2D eigenvalue weighted by atomic mass is 10.0. The summed E-state index contributed by atoms with van der Waals surface area (Å²) in [6, 6.07) is 7.29. The minimum Gasteiger partial charge on any atom is -0.387 e. The highest BCUT2D eigenvalue weighted by Gasteiger charge is 2.25. The summed E-state index contributed by atoms with van der Waals surface area (Å²) in [6.07, 6.45) is -0.915. The molecule has 2 rings (SSSR count). The molecule has 2 N–H and O–H groups in total. The SMILES string of the molecule is Cc1ccccc1C(O)CNS(=O)(=O)c1c(C)noc1C. The molecule has 1 aromatic heterocycles. The summed E-state index contributed by atoms with van der Waals surface area (Å²) in [5.74, 6) is 0.227. The molecule has 0 spiro atoms. The largest absolute Gasteiger partial charge is 0.387 e. The van der Waals surface area contributed by atoms with Crippen LogP contribution >= 0.6 is 0 Å². The standard InChI is InChI=1S/C14H18N2O4S/c1-9-6-4-5-7-12(9)13(17)8-15-21(18,19)14-10(2)16-20-11(14)3/h4-7,13,15,17H,8H2,1-3H3. The van der Waals surface area contributed by atoms with Crippen molar-refractivity contribution < 1.29 is 18.0 Å². The molecule has 2 aromatic rings. The van der Waals surface area contributed by atoms with E-state index in [-0.39, 0.29) is 17.2 Å². The third kappa shape index (κ3) is 3.31. The van der Waals surface area contributed by atoms with Crippen LogP contribution in [0.3, 0.4) is 0 Å². The van der Waals surface area contributed by atoms with E-state index in [0.717, 1.165) is 5.56 Å². The average Bonchev–Trinajstić information content (AvgIpc) is 2.77. The van der Waals surface area contributed by atoms with Crippen molar-refractivity contribution in [2.24, 2.45) is 0 Å². The Hall–Kier alpha value is -1.70. The third-order valence-electron chi connectivity index (χ3n) is 3.25. The molecule has 0 aliphatic carbocycles. The van der Waals surface area contributed by atoms with Gasteiger partial charge in [0.15, 0.2) is 5.76 Å². The molecule has 0 bridgehead atoms. The molecule has 1 heterocycles. The van der Waals surface area contributed by atoms with Gasteiger partial charge in [-0.3, -0.25) is 0 Å². The molecule has 0 aliphatic heterocycles. The van der Waals surface area contributed by atoms with E-state index in [0.29, 0.717) is 11.3 Å². The monoisotopic (exact) mass is 310 g/mol. The van der Waals surface area contributed by atoms with E-state index in [1.54, 1.807) is 19.1 Å². The second-order valence-corrected chi connectivity index (χ2v) is 6.58. The zero-order chi connectivity index (χ0) is 15.6. The van der Waals surface area contributed by atoms with Gasteiger partial charge in [0.2, 0.25) is 10.0 Å². The van der Waals surface area contributed by atoms with Crippen molar-refractivity contribution in [2.75, 3.05) is 6.54 Å². The molecular formula is C14H18N2O4S. The number of hydrogen-bond donors (Lipinski definition) is 2. The number of aromatic nitrogens is 1. The Morgan fingerprint density at radius 3 is 2.52 bits per heavy atom. The molecule has 0 saturated carbocycles. The van der Waals surface area contributed by atoms with Crippen molar-refractivity contribution in [1.29, 1.82) is 0 Å². The van der Waals surface area contributed by atoms with Gasteiger partial charge >= 0.3 is 0 Å². The summed E-state index contributed by atoms with van der Waals surface area (Å²) in [5.41, 5.74) is 1.89. The summed E-state index contributed by atoms with van der Waals surface area (Å²) < 4.78 is 31.7. The van der Waals surface area contributed by atoms with Gasteiger partial charge in [-0.1, -0.05) is 29.4 Å². The summed E-state index contributed by atoms with van der Waals surface area (Å²) in [5, 5.41) is 13.8. The Morgan fingerprint density at radius 2 is 1.95 bits per heavy atom. The predicted molar refractivity (Wildman–Crippen MR) is 77.3 cm³/mol. The lowest BCUT2D eigenvalue weighted by Gasteiger charge is -2.14. The highest BCUT2D eigenvalue weighted by molar-refractivity contribution is 7.89. The van der Waals surface area contributed by atoms with Crippen molar-refractivity contribution in [2.45, 2.75) is 31.8 Å². The van der Waals surface area contributed by atoms with E-state index in [1.807, 2.05) is 19.1 Å². The second kappa shape index (κ2) is 5.97. The first-order chi connectivity index (χ1) is 9.83. The van der Waals surface area contributed by atoms with Gasteiger partial charge in [-0.05, 0) is 31.9 Å². The summed E-state index contributed by atoms with van der Waals surface area (Å²) in [4.78, 5) is 0.0273. The Kier molecular flexibility index (Phi) is 4.46. The van der Waals surface area contributed by atoms with Gasteiger partial charge in [-0.15, -0.1) is 0 Å². The molecule has 21 heavy (non-hydrogen) atoms. The Balaban J connectivity index is 2.15. The van der Waals surface area contributed by atoms with Crippen LogP contribution in [0.5, 0.6) is 0 Å². The molecule has 0 radical (unpaired) electrons. The Bertz CT molecular complexity index is 718. The highest BCUT2D eigenvalue weighted by atomic mass is 32.2. The Morgan fingerprint density at radius 1 is 1.29 bits per heavy atom. The first kappa shape index (κ1) is 15.7. The molecule has 1 aromatic carbocycles. The number of benzene rings is 1. The maximum absolute atomic E-state index is 12.2. The molecule has 0 amide bonds. The van der Waals surface area contributed by atoms with Crippen molar-refractivity contribution in [3.05, 3.63) is 46.8 Å². The molecular weight excluding hydrogens is 292 g/mol. The fraction of sp³-hybridized carbons (Fsp3) is 0.357. The van der Waals surface area contributed by atoms with Crippen LogP contribution in [-0.2, 0) is 10.0 Å². The Labute approximate surface area is 123 Å². The molecule has 0 aliphatic rings. The van der Waals surface area contributed by atoms with Crippen LogP contribution < -0.4 is 4.72 Å². The van der Waals surface area contributed by atoms with Gasteiger partial charge in [-0.2, -0.15) is 0 Å². The van der Waals surface area contributed by atoms with Gasteiger partial charge in [0.05, 0.1) is 6.10 Å². The molecule has 1 unspecified atom stereocenters. The number of rotatable bonds is 5. The van der Waals surface area contributed by atoms with E-state index in [1.165, 1.54) is 6.92 Å². The number of aliphatic hydroxyl groups excluding tert-OH is 1. The van der Waals surface area contributed by atoms with Crippen molar-refractivity contribution in [1.82, 2.24) is 9.88 Å². The van der Waals surface area contributed by atoms with Crippen LogP contribution in [0.1, 0.15) is 28.7 Å². The maximum atomic E-state index is 12.2. The van der Waals surface area contributed by atoms with Gasteiger partial charge in [0, 0.05) is 6.54 Å². The number of hydrogen-bond acceptors (Lipinski definition) is 5. The van der Waals surface area contributed by atoms with E-state index < -0.39 is 16.1 Å². The average molecular weight is 310 g/mol. The van der Waals surface area contributed by atoms with Crippen LogP contribution in [0.25, 0.3) is 0 Å². The normalized spacial score (nSPS) is 13.3. The molecule has 0 fully saturated rings. The lowest BCUT2D eigenvalue weighted by molar-refractivity contribution is 0.181. The number of aryl methyl sites for hydroxylation is 3. The quantitative estimate of drug-likeness (QED) is 0.875. The summed E-state index contributed by atoms with van der Waals surface area (Å²) in [7, 11) is -3.76. The van der Waals surface area contributed by atoms with Crippen LogP contribution in [0, 0.1) is 20.8 Å². The van der Waals surface area contributed by atoms with Crippen molar-refractivity contribution >= 4 is 10.0 Å². The topological polar surface area (TPSA) is 92.4 Å². The third-order valence-corrected chi connectivity index (χ3v) is 4.92. The van der Waals surface area contributed by atoms with Gasteiger partial charge in [-0.25, -0.2) is 13.1 Å². The number of nitrogens with one attached hydrogen (secondary N) is 1. The van der Waals surface area contributed by atoms with Crippen LogP contribution in [0.15, 0.2) is 33.7 Å². The molecule has 0 saturated heterocycles. The molecule has 6 nitrogen and oxygen atoms in total. The lowest BCUT2D eigenvalue weighted by Crippen LogP contribution is -2.29. The van der Waals surface area contributed by atoms with E-state index >= 15 is 0 Å². The summed E-state index contributed by atoms with van der Waals surface area (Å²) in [6.45, 7) is 4.84. The highest BCUT2D eigenvalue weighted by Crippen LogP contribution is 2.20. The molecule has 114 valence electrons. The fourth-order valence-electron chi connectivity index (χ4n) is 2.19. The smallest absolute Gasteiger partial charge is 0.246 e. The first-order valence-electron chi connectivity index (χ1n) is 6.49. The van der Waals surface area contributed by atoms with E-state index in [2.05, 4.69) is 9.88 Å². The van der Waals surface area contributed by atoms with E-state index in [9.17, 15) is 13.5 Å². The fourth-order valence-corrected chi connectivity index (χ4v) is 3.55. The van der Waals surface area contributed by atoms with Crippen molar-refractivity contribution in [3.63, 3.8) is 0 Å². The first-order valence-corrected chi connectivity index (χ1v) is 7.97. The molecule has 1 atom stereocenters. The zero-order valence-corrected chi connectivity index (χ0v) is 12.9. The maximum Gasteiger partial charge on any atom is 0.246 e. The predicted octanol–water partition coefficient (Wildman–Crippen LogP) is 1.61. The number of aliphatic hydroxyl groups is 1. The number of sulfonamides is 1. The van der Waals surface area contributed by atoms with Gasteiger partial charge in [0.25, 0.3) is 0 Å². The van der Waals surface area contributed by atoms with E-state index in [4.69, 9.17) is 4.52 Å². The minimum absolute atomic E-state index is 0.0273.